The molecule has 2 rings (SSSR count). The van der Waals surface area contributed by atoms with Crippen molar-refractivity contribution in [2.24, 2.45) is 0 Å². The van der Waals surface area contributed by atoms with Crippen LogP contribution in [0, 0.1) is 0 Å². The molecule has 0 spiro atoms. The predicted octanol–water partition coefficient (Wildman–Crippen LogP) is 1.67. The quantitative estimate of drug-likeness (QED) is 0.682. The molecule has 0 bridgehead atoms. The number of carbonyl (C=O) groups excluding carboxylic acids is 2. The fraction of sp³-hybridized carbons (Fsp3) is 0.167. The van der Waals surface area contributed by atoms with Gasteiger partial charge in [0.25, 0.3) is 11.8 Å². The molecule has 15 heavy (non-hydrogen) atoms. The minimum absolute atomic E-state index is 0.207. The zero-order valence-corrected chi connectivity index (χ0v) is 8.38. The van der Waals surface area contributed by atoms with Crippen LogP contribution in [0.5, 0.6) is 0 Å². The van der Waals surface area contributed by atoms with E-state index in [1.54, 1.807) is 0 Å². The Balaban J connectivity index is 2.26. The van der Waals surface area contributed by atoms with Gasteiger partial charge >= 0.3 is 0 Å². The smallest absolute Gasteiger partial charge is 0.254 e. The standard InChI is InChI=1S/C12H11NO2/c1-9(10-5-3-2-4-6-10)13-11(14)7-8-12(13)15/h2-9H,1H3. The van der Waals surface area contributed by atoms with E-state index < -0.39 is 0 Å². The van der Waals surface area contributed by atoms with Gasteiger partial charge < -0.3 is 0 Å². The molecule has 3 nitrogen and oxygen atoms in total. The average Bonchev–Trinajstić information content (AvgIpc) is 2.59. The Morgan fingerprint density at radius 1 is 1.00 bits per heavy atom. The van der Waals surface area contributed by atoms with E-state index in [0.717, 1.165) is 5.56 Å². The molecule has 2 amide bonds. The molecule has 1 heterocycles. The van der Waals surface area contributed by atoms with Gasteiger partial charge in [0.05, 0.1) is 6.04 Å². The van der Waals surface area contributed by atoms with E-state index in [0.29, 0.717) is 0 Å². The van der Waals surface area contributed by atoms with Crippen molar-refractivity contribution in [1.29, 1.82) is 0 Å². The maximum absolute atomic E-state index is 11.4. The van der Waals surface area contributed by atoms with Gasteiger partial charge in [-0.1, -0.05) is 30.3 Å². The van der Waals surface area contributed by atoms with Crippen LogP contribution in [0.4, 0.5) is 0 Å². The molecule has 1 aliphatic rings. The van der Waals surface area contributed by atoms with Crippen LogP contribution in [-0.2, 0) is 9.59 Å². The van der Waals surface area contributed by atoms with Crippen LogP contribution < -0.4 is 0 Å². The number of hydrogen-bond acceptors (Lipinski definition) is 2. The third-order valence-corrected chi connectivity index (χ3v) is 2.51. The van der Waals surface area contributed by atoms with E-state index in [1.807, 2.05) is 37.3 Å². The van der Waals surface area contributed by atoms with Gasteiger partial charge in [-0.25, -0.2) is 0 Å². The second-order valence-electron chi connectivity index (χ2n) is 3.47. The first-order valence-electron chi connectivity index (χ1n) is 4.80. The summed E-state index contributed by atoms with van der Waals surface area (Å²) in [5.41, 5.74) is 0.961. The van der Waals surface area contributed by atoms with Crippen molar-refractivity contribution >= 4 is 11.8 Å². The predicted molar refractivity (Wildman–Crippen MR) is 55.9 cm³/mol. The number of nitrogens with zero attached hydrogens (tertiary/aromatic N) is 1. The molecule has 1 aliphatic heterocycles. The average molecular weight is 201 g/mol. The number of imide groups is 1. The second kappa shape index (κ2) is 3.69. The third-order valence-electron chi connectivity index (χ3n) is 2.51. The molecule has 1 aromatic carbocycles. The summed E-state index contributed by atoms with van der Waals surface area (Å²) in [6, 6.07) is 9.30. The molecule has 0 N–H and O–H groups in total. The molecule has 0 fully saturated rings. The summed E-state index contributed by atoms with van der Waals surface area (Å²) < 4.78 is 0. The molecule has 1 atom stereocenters. The highest BCUT2D eigenvalue weighted by molar-refractivity contribution is 6.13. The van der Waals surface area contributed by atoms with Crippen molar-refractivity contribution in [1.82, 2.24) is 4.90 Å². The minimum atomic E-state index is -0.239. The lowest BCUT2D eigenvalue weighted by molar-refractivity contribution is -0.139. The first kappa shape index (κ1) is 9.65. The number of benzene rings is 1. The summed E-state index contributed by atoms with van der Waals surface area (Å²) in [4.78, 5) is 24.1. The minimum Gasteiger partial charge on any atom is -0.269 e. The van der Waals surface area contributed by atoms with Gasteiger partial charge in [0, 0.05) is 12.2 Å². The molecule has 0 aromatic heterocycles. The molecule has 0 saturated heterocycles. The summed E-state index contributed by atoms with van der Waals surface area (Å²) in [7, 11) is 0. The van der Waals surface area contributed by atoms with Crippen LogP contribution in [0.3, 0.4) is 0 Å². The first-order chi connectivity index (χ1) is 7.20. The van der Waals surface area contributed by atoms with Crippen molar-refractivity contribution in [3.63, 3.8) is 0 Å². The van der Waals surface area contributed by atoms with Crippen LogP contribution >= 0.6 is 0 Å². The SMILES string of the molecule is CC(c1ccccc1)N1C(=O)C=CC1=O. The van der Waals surface area contributed by atoms with Gasteiger partial charge in [-0.3, -0.25) is 14.5 Å². The fourth-order valence-corrected chi connectivity index (χ4v) is 1.67. The van der Waals surface area contributed by atoms with Gasteiger partial charge in [-0.2, -0.15) is 0 Å². The molecule has 3 heteroatoms. The van der Waals surface area contributed by atoms with Crippen LogP contribution in [-0.4, -0.2) is 16.7 Å². The monoisotopic (exact) mass is 201 g/mol. The van der Waals surface area contributed by atoms with E-state index in [9.17, 15) is 9.59 Å². The van der Waals surface area contributed by atoms with E-state index in [1.165, 1.54) is 17.1 Å². The van der Waals surface area contributed by atoms with E-state index in [4.69, 9.17) is 0 Å². The van der Waals surface area contributed by atoms with E-state index >= 15 is 0 Å². The molecule has 1 aromatic rings. The van der Waals surface area contributed by atoms with Crippen molar-refractivity contribution < 1.29 is 9.59 Å². The highest BCUT2D eigenvalue weighted by atomic mass is 16.2. The Kier molecular flexibility index (Phi) is 2.37. The first-order valence-corrected chi connectivity index (χ1v) is 4.80. The van der Waals surface area contributed by atoms with Crippen LogP contribution in [0.25, 0.3) is 0 Å². The number of carbonyl (C=O) groups is 2. The highest BCUT2D eigenvalue weighted by Crippen LogP contribution is 2.22. The lowest BCUT2D eigenvalue weighted by Crippen LogP contribution is -2.32. The normalized spacial score (nSPS) is 17.3. The highest BCUT2D eigenvalue weighted by Gasteiger charge is 2.28. The lowest BCUT2D eigenvalue weighted by atomic mass is 10.1. The largest absolute Gasteiger partial charge is 0.269 e. The molecule has 0 aliphatic carbocycles. The lowest BCUT2D eigenvalue weighted by Gasteiger charge is -2.22. The molecule has 76 valence electrons. The van der Waals surface area contributed by atoms with Gasteiger partial charge in [0.1, 0.15) is 0 Å². The Hall–Kier alpha value is -1.90. The Morgan fingerprint density at radius 3 is 2.07 bits per heavy atom. The number of hydrogen-bond donors (Lipinski definition) is 0. The number of amides is 2. The Bertz CT molecular complexity index is 405. The number of rotatable bonds is 2. The van der Waals surface area contributed by atoms with Gasteiger partial charge in [0.15, 0.2) is 0 Å². The van der Waals surface area contributed by atoms with Crippen molar-refractivity contribution in [2.45, 2.75) is 13.0 Å². The molecular formula is C12H11NO2. The summed E-state index contributed by atoms with van der Waals surface area (Å²) in [5.74, 6) is -0.479. The molecule has 0 saturated carbocycles. The zero-order chi connectivity index (χ0) is 10.8. The summed E-state index contributed by atoms with van der Waals surface area (Å²) >= 11 is 0. The van der Waals surface area contributed by atoms with Crippen LogP contribution in [0.1, 0.15) is 18.5 Å². The van der Waals surface area contributed by atoms with Crippen molar-refractivity contribution in [3.8, 4) is 0 Å². The van der Waals surface area contributed by atoms with E-state index in [2.05, 4.69) is 0 Å². The second-order valence-corrected chi connectivity index (χ2v) is 3.47. The summed E-state index contributed by atoms with van der Waals surface area (Å²) in [6.45, 7) is 1.85. The maximum Gasteiger partial charge on any atom is 0.254 e. The van der Waals surface area contributed by atoms with Gasteiger partial charge in [-0.05, 0) is 12.5 Å². The van der Waals surface area contributed by atoms with Crippen molar-refractivity contribution in [2.75, 3.05) is 0 Å². The summed E-state index contributed by atoms with van der Waals surface area (Å²) in [5, 5.41) is 0. The topological polar surface area (TPSA) is 37.4 Å². The van der Waals surface area contributed by atoms with Crippen molar-refractivity contribution in [3.05, 3.63) is 48.0 Å². The summed E-state index contributed by atoms with van der Waals surface area (Å²) in [6.07, 6.45) is 2.61. The van der Waals surface area contributed by atoms with E-state index in [-0.39, 0.29) is 17.9 Å². The third kappa shape index (κ3) is 1.68. The molecule has 0 radical (unpaired) electrons. The Morgan fingerprint density at radius 2 is 1.53 bits per heavy atom. The van der Waals surface area contributed by atoms with Gasteiger partial charge in [0.2, 0.25) is 0 Å². The maximum atomic E-state index is 11.4. The zero-order valence-electron chi connectivity index (χ0n) is 8.38. The molecular weight excluding hydrogens is 190 g/mol. The van der Waals surface area contributed by atoms with Gasteiger partial charge in [-0.15, -0.1) is 0 Å². The Labute approximate surface area is 88.0 Å². The molecule has 1 unspecified atom stereocenters. The van der Waals surface area contributed by atoms with Crippen LogP contribution in [0.2, 0.25) is 0 Å². The van der Waals surface area contributed by atoms with Crippen LogP contribution in [0.15, 0.2) is 42.5 Å². The fourth-order valence-electron chi connectivity index (χ4n) is 1.67.